The van der Waals surface area contributed by atoms with Gasteiger partial charge < -0.3 is 24.7 Å². The highest BCUT2D eigenvalue weighted by Crippen LogP contribution is 2.48. The van der Waals surface area contributed by atoms with Gasteiger partial charge in [-0.25, -0.2) is 0 Å². The SMILES string of the molecule is Cn1ncc2cc(C(N)=O)c(Oc3ccc(OCCOC4CC5(COC5)C4)cc3)cc21. The van der Waals surface area contributed by atoms with E-state index in [4.69, 9.17) is 24.7 Å². The van der Waals surface area contributed by atoms with Gasteiger partial charge in [-0.2, -0.15) is 5.10 Å². The van der Waals surface area contributed by atoms with E-state index in [-0.39, 0.29) is 0 Å². The third-order valence-corrected chi connectivity index (χ3v) is 6.01. The molecule has 3 aromatic rings. The summed E-state index contributed by atoms with van der Waals surface area (Å²) in [7, 11) is 1.83. The van der Waals surface area contributed by atoms with Gasteiger partial charge in [0, 0.05) is 23.9 Å². The number of nitrogens with zero attached hydrogens (tertiary/aromatic N) is 2. The fraction of sp³-hybridized carbons (Fsp3) is 0.391. The standard InChI is InChI=1S/C23H25N3O5/c1-26-20-9-21(19(22(24)27)8-15(20)12-25-26)31-17-4-2-16(3-5-17)29-6-7-30-18-10-23(11-18)13-28-14-23/h2-5,8-9,12,18H,6-7,10-11,13-14H2,1H3,(H2,24,27). The van der Waals surface area contributed by atoms with Crippen LogP contribution in [0.1, 0.15) is 23.2 Å². The zero-order valence-corrected chi connectivity index (χ0v) is 17.4. The first-order valence-corrected chi connectivity index (χ1v) is 10.4. The van der Waals surface area contributed by atoms with E-state index in [2.05, 4.69) is 5.10 Å². The Labute approximate surface area is 179 Å². The summed E-state index contributed by atoms with van der Waals surface area (Å²) in [6, 6.07) is 10.7. The van der Waals surface area contributed by atoms with Crippen LogP contribution in [0.3, 0.4) is 0 Å². The number of fused-ring (bicyclic) bond motifs is 1. The molecule has 162 valence electrons. The molecule has 0 atom stereocenters. The molecule has 2 heterocycles. The number of hydrogen-bond donors (Lipinski definition) is 1. The summed E-state index contributed by atoms with van der Waals surface area (Å²) in [6.45, 7) is 2.82. The molecular weight excluding hydrogens is 398 g/mol. The Hall–Kier alpha value is -3.10. The van der Waals surface area contributed by atoms with Crippen LogP contribution in [0, 0.1) is 5.41 Å². The van der Waals surface area contributed by atoms with Crippen LogP contribution >= 0.6 is 0 Å². The predicted molar refractivity (Wildman–Crippen MR) is 113 cm³/mol. The highest BCUT2D eigenvalue weighted by Gasteiger charge is 2.50. The molecule has 2 N–H and O–H groups in total. The molecule has 8 heteroatoms. The van der Waals surface area contributed by atoms with Crippen molar-refractivity contribution in [3.8, 4) is 17.2 Å². The molecule has 2 fully saturated rings. The van der Waals surface area contributed by atoms with Crippen molar-refractivity contribution in [2.24, 2.45) is 18.2 Å². The highest BCUT2D eigenvalue weighted by atomic mass is 16.5. The number of aryl methyl sites for hydroxylation is 1. The predicted octanol–water partition coefficient (Wildman–Crippen LogP) is 3.04. The Balaban J connectivity index is 1.16. The largest absolute Gasteiger partial charge is 0.491 e. The van der Waals surface area contributed by atoms with Crippen LogP contribution in [-0.2, 0) is 16.5 Å². The molecule has 1 saturated carbocycles. The van der Waals surface area contributed by atoms with E-state index in [0.29, 0.717) is 41.8 Å². The Morgan fingerprint density at radius 3 is 2.61 bits per heavy atom. The average molecular weight is 423 g/mol. The van der Waals surface area contributed by atoms with E-state index in [1.54, 1.807) is 35.1 Å². The van der Waals surface area contributed by atoms with E-state index in [9.17, 15) is 4.79 Å². The molecule has 2 aromatic carbocycles. The molecule has 1 aliphatic heterocycles. The number of hydrogen-bond acceptors (Lipinski definition) is 6. The molecule has 1 spiro atoms. The van der Waals surface area contributed by atoms with Crippen molar-refractivity contribution in [2.75, 3.05) is 26.4 Å². The van der Waals surface area contributed by atoms with E-state index in [1.807, 2.05) is 19.2 Å². The van der Waals surface area contributed by atoms with Crippen LogP contribution in [0.15, 0.2) is 42.6 Å². The average Bonchev–Trinajstić information content (AvgIpc) is 3.05. The van der Waals surface area contributed by atoms with Gasteiger partial charge in [-0.05, 0) is 43.2 Å². The molecule has 1 aliphatic carbocycles. The molecule has 0 bridgehead atoms. The first kappa shape index (κ1) is 19.8. The number of primary amides is 1. The van der Waals surface area contributed by atoms with Crippen LogP contribution in [0.25, 0.3) is 10.9 Å². The molecule has 5 rings (SSSR count). The Morgan fingerprint density at radius 1 is 1.19 bits per heavy atom. The van der Waals surface area contributed by atoms with Gasteiger partial charge in [-0.3, -0.25) is 9.48 Å². The maximum Gasteiger partial charge on any atom is 0.252 e. The van der Waals surface area contributed by atoms with E-state index < -0.39 is 5.91 Å². The second kappa shape index (κ2) is 7.86. The quantitative estimate of drug-likeness (QED) is 0.559. The molecule has 1 amide bonds. The van der Waals surface area contributed by atoms with Crippen LogP contribution in [0.4, 0.5) is 0 Å². The zero-order chi connectivity index (χ0) is 21.4. The third-order valence-electron chi connectivity index (χ3n) is 6.01. The Bertz CT molecular complexity index is 1100. The zero-order valence-electron chi connectivity index (χ0n) is 17.4. The molecule has 8 nitrogen and oxygen atoms in total. The topological polar surface area (TPSA) is 97.8 Å². The van der Waals surface area contributed by atoms with Gasteiger partial charge in [-0.15, -0.1) is 0 Å². The van der Waals surface area contributed by atoms with E-state index in [1.165, 1.54) is 0 Å². The highest BCUT2D eigenvalue weighted by molar-refractivity contribution is 6.00. The third kappa shape index (κ3) is 3.96. The summed E-state index contributed by atoms with van der Waals surface area (Å²) in [5, 5.41) is 5.03. The van der Waals surface area contributed by atoms with Crippen molar-refractivity contribution in [2.45, 2.75) is 18.9 Å². The lowest BCUT2D eigenvalue weighted by Crippen LogP contribution is -2.55. The van der Waals surface area contributed by atoms with E-state index in [0.717, 1.165) is 42.7 Å². The number of carbonyl (C=O) groups excluding carboxylic acids is 1. The number of carbonyl (C=O) groups is 1. The lowest BCUT2D eigenvalue weighted by atomic mass is 9.65. The van der Waals surface area contributed by atoms with Crippen LogP contribution in [0.5, 0.6) is 17.2 Å². The van der Waals surface area contributed by atoms with Gasteiger partial charge >= 0.3 is 0 Å². The molecule has 2 aliphatic rings. The van der Waals surface area contributed by atoms with Crippen molar-refractivity contribution in [1.29, 1.82) is 0 Å². The minimum Gasteiger partial charge on any atom is -0.491 e. The number of ether oxygens (including phenoxy) is 4. The van der Waals surface area contributed by atoms with Crippen LogP contribution in [-0.4, -0.2) is 48.2 Å². The van der Waals surface area contributed by atoms with Gasteiger partial charge in [0.2, 0.25) is 0 Å². The summed E-state index contributed by atoms with van der Waals surface area (Å²) >= 11 is 0. The van der Waals surface area contributed by atoms with Crippen LogP contribution < -0.4 is 15.2 Å². The molecule has 1 aromatic heterocycles. The van der Waals surface area contributed by atoms with Crippen molar-refractivity contribution in [1.82, 2.24) is 9.78 Å². The molecule has 31 heavy (non-hydrogen) atoms. The maximum absolute atomic E-state index is 11.9. The first-order chi connectivity index (χ1) is 15.0. The van der Waals surface area contributed by atoms with Crippen molar-refractivity contribution in [3.05, 3.63) is 48.2 Å². The van der Waals surface area contributed by atoms with Gasteiger partial charge in [0.15, 0.2) is 0 Å². The van der Waals surface area contributed by atoms with E-state index >= 15 is 0 Å². The smallest absolute Gasteiger partial charge is 0.252 e. The van der Waals surface area contributed by atoms with Gasteiger partial charge in [-0.1, -0.05) is 0 Å². The minimum atomic E-state index is -0.553. The molecule has 0 radical (unpaired) electrons. The number of amides is 1. The number of rotatable bonds is 8. The lowest BCUT2D eigenvalue weighted by molar-refractivity contribution is -0.210. The Morgan fingerprint density at radius 2 is 1.94 bits per heavy atom. The normalized spacial score (nSPS) is 17.3. The fourth-order valence-electron chi connectivity index (χ4n) is 4.21. The summed E-state index contributed by atoms with van der Waals surface area (Å²) in [5.74, 6) is 1.14. The number of nitrogens with two attached hydrogens (primary N) is 1. The van der Waals surface area contributed by atoms with Gasteiger partial charge in [0.25, 0.3) is 5.91 Å². The summed E-state index contributed by atoms with van der Waals surface area (Å²) < 4.78 is 24.5. The fourth-order valence-corrected chi connectivity index (χ4v) is 4.21. The van der Waals surface area contributed by atoms with Gasteiger partial charge in [0.1, 0.15) is 23.9 Å². The molecule has 1 saturated heterocycles. The number of aromatic nitrogens is 2. The minimum absolute atomic E-state index is 0.309. The van der Waals surface area contributed by atoms with Crippen LogP contribution in [0.2, 0.25) is 0 Å². The van der Waals surface area contributed by atoms with Crippen molar-refractivity contribution in [3.63, 3.8) is 0 Å². The second-order valence-corrected chi connectivity index (χ2v) is 8.36. The monoisotopic (exact) mass is 423 g/mol. The molecular formula is C23H25N3O5. The maximum atomic E-state index is 11.9. The summed E-state index contributed by atoms with van der Waals surface area (Å²) in [4.78, 5) is 11.9. The lowest BCUT2D eigenvalue weighted by Gasteiger charge is -2.52. The van der Waals surface area contributed by atoms with Crippen molar-refractivity contribution < 1.29 is 23.7 Å². The summed E-state index contributed by atoms with van der Waals surface area (Å²) in [6.07, 6.45) is 4.21. The van der Waals surface area contributed by atoms with Crippen molar-refractivity contribution >= 4 is 16.8 Å². The first-order valence-electron chi connectivity index (χ1n) is 10.4. The van der Waals surface area contributed by atoms with Gasteiger partial charge in [0.05, 0.1) is 43.2 Å². The number of benzene rings is 2. The Kier molecular flexibility index (Phi) is 5.03. The second-order valence-electron chi connectivity index (χ2n) is 8.36. The summed E-state index contributed by atoms with van der Waals surface area (Å²) in [5.41, 5.74) is 7.11. The molecule has 0 unspecified atom stereocenters.